The highest BCUT2D eigenvalue weighted by Crippen LogP contribution is 2.34. The summed E-state index contributed by atoms with van der Waals surface area (Å²) in [6, 6.07) is 4.30. The third-order valence-corrected chi connectivity index (χ3v) is 4.60. The minimum absolute atomic E-state index is 0.218. The van der Waals surface area contributed by atoms with Crippen LogP contribution in [0.3, 0.4) is 0 Å². The molecule has 20 heavy (non-hydrogen) atoms. The first-order chi connectivity index (χ1) is 9.42. The second kappa shape index (κ2) is 6.25. The summed E-state index contributed by atoms with van der Waals surface area (Å²) in [5, 5.41) is 18.3. The zero-order valence-corrected chi connectivity index (χ0v) is 12.3. The van der Waals surface area contributed by atoms with Crippen molar-refractivity contribution in [3.63, 3.8) is 0 Å². The summed E-state index contributed by atoms with van der Waals surface area (Å²) in [6.45, 7) is 7.25. The molecule has 1 fully saturated rings. The first kappa shape index (κ1) is 15.5. The molecule has 1 aromatic carbocycles. The molecule has 0 amide bonds. The van der Waals surface area contributed by atoms with Gasteiger partial charge >= 0.3 is 7.12 Å². The van der Waals surface area contributed by atoms with Crippen molar-refractivity contribution < 1.29 is 14.4 Å². The van der Waals surface area contributed by atoms with E-state index in [1.165, 1.54) is 18.6 Å². The maximum Gasteiger partial charge on any atom is 0.488 e. The first-order valence-electron chi connectivity index (χ1n) is 7.30. The largest absolute Gasteiger partial charge is 0.488 e. The topological polar surface area (TPSA) is 43.7 Å². The minimum atomic E-state index is -1.62. The number of benzene rings is 1. The second-order valence-corrected chi connectivity index (χ2v) is 6.21. The van der Waals surface area contributed by atoms with Gasteiger partial charge in [0.1, 0.15) is 5.82 Å². The molecule has 110 valence electrons. The Bertz CT molecular complexity index is 459. The summed E-state index contributed by atoms with van der Waals surface area (Å²) >= 11 is 0. The second-order valence-electron chi connectivity index (χ2n) is 6.21. The molecule has 0 radical (unpaired) electrons. The number of likely N-dealkylation sites (tertiary alicyclic amines) is 1. The van der Waals surface area contributed by atoms with E-state index in [-0.39, 0.29) is 5.46 Å². The molecule has 0 unspecified atom stereocenters. The highest BCUT2D eigenvalue weighted by Gasteiger charge is 2.28. The molecule has 0 atom stereocenters. The van der Waals surface area contributed by atoms with E-state index in [4.69, 9.17) is 10.0 Å². The molecule has 5 heteroatoms. The molecule has 0 aliphatic carbocycles. The van der Waals surface area contributed by atoms with Gasteiger partial charge in [0.05, 0.1) is 0 Å². The van der Waals surface area contributed by atoms with Crippen molar-refractivity contribution in [3.05, 3.63) is 29.6 Å². The maximum atomic E-state index is 13.5. The Kier molecular flexibility index (Phi) is 4.84. The van der Waals surface area contributed by atoms with Gasteiger partial charge in [-0.3, -0.25) is 4.90 Å². The van der Waals surface area contributed by atoms with Gasteiger partial charge in [-0.2, -0.15) is 0 Å². The average molecular weight is 279 g/mol. The van der Waals surface area contributed by atoms with Crippen LogP contribution < -0.4 is 5.46 Å². The monoisotopic (exact) mass is 279 g/mol. The van der Waals surface area contributed by atoms with Crippen LogP contribution in [0.5, 0.6) is 0 Å². The average Bonchev–Trinajstić information content (AvgIpc) is 2.41. The van der Waals surface area contributed by atoms with Gasteiger partial charge in [-0.05, 0) is 54.5 Å². The molecular formula is C15H23BFNO2. The molecule has 0 saturated carbocycles. The first-order valence-corrected chi connectivity index (χ1v) is 7.30. The molecular weight excluding hydrogens is 256 g/mol. The Hall–Kier alpha value is -0.905. The van der Waals surface area contributed by atoms with Crippen LogP contribution in [0.1, 0.15) is 38.7 Å². The predicted octanol–water partition coefficient (Wildman–Crippen LogP) is 1.52. The zero-order valence-electron chi connectivity index (χ0n) is 12.3. The number of nitrogens with zero attached hydrogens (tertiary/aromatic N) is 1. The molecule has 1 aliphatic rings. The molecule has 1 heterocycles. The van der Waals surface area contributed by atoms with Gasteiger partial charge in [0, 0.05) is 6.54 Å². The van der Waals surface area contributed by atoms with Crippen molar-refractivity contribution in [2.24, 2.45) is 5.41 Å². The maximum absolute atomic E-state index is 13.5. The van der Waals surface area contributed by atoms with Gasteiger partial charge in [-0.1, -0.05) is 26.3 Å². The fraction of sp³-hybridized carbons (Fsp3) is 0.600. The number of hydrogen-bond donors (Lipinski definition) is 2. The van der Waals surface area contributed by atoms with Crippen molar-refractivity contribution in [2.75, 3.05) is 13.1 Å². The van der Waals surface area contributed by atoms with Crippen molar-refractivity contribution >= 4 is 12.6 Å². The molecule has 2 N–H and O–H groups in total. The van der Waals surface area contributed by atoms with Crippen LogP contribution in [0.15, 0.2) is 18.2 Å². The van der Waals surface area contributed by atoms with E-state index in [1.54, 1.807) is 6.07 Å². The van der Waals surface area contributed by atoms with E-state index >= 15 is 0 Å². The van der Waals surface area contributed by atoms with Crippen molar-refractivity contribution in [1.29, 1.82) is 0 Å². The van der Waals surface area contributed by atoms with E-state index in [9.17, 15) is 4.39 Å². The van der Waals surface area contributed by atoms with Crippen LogP contribution in [0.25, 0.3) is 0 Å². The Morgan fingerprint density at radius 2 is 1.90 bits per heavy atom. The fourth-order valence-electron chi connectivity index (χ4n) is 2.78. The summed E-state index contributed by atoms with van der Waals surface area (Å²) < 4.78 is 13.5. The van der Waals surface area contributed by atoms with Gasteiger partial charge < -0.3 is 10.0 Å². The van der Waals surface area contributed by atoms with E-state index in [0.717, 1.165) is 31.5 Å². The van der Waals surface area contributed by atoms with Gasteiger partial charge in [0.2, 0.25) is 0 Å². The predicted molar refractivity (Wildman–Crippen MR) is 79.1 cm³/mol. The highest BCUT2D eigenvalue weighted by molar-refractivity contribution is 6.58. The highest BCUT2D eigenvalue weighted by atomic mass is 19.1. The zero-order chi connectivity index (χ0) is 14.8. The van der Waals surface area contributed by atoms with Crippen LogP contribution in [0.2, 0.25) is 0 Å². The summed E-state index contributed by atoms with van der Waals surface area (Å²) in [4.78, 5) is 2.31. The SMILES string of the molecule is CCC1(C)CCN(Cc2cc(F)cc(B(O)O)c2)CC1. The quantitative estimate of drug-likeness (QED) is 0.821. The van der Waals surface area contributed by atoms with Gasteiger partial charge in [-0.25, -0.2) is 4.39 Å². The lowest BCUT2D eigenvalue weighted by molar-refractivity contribution is 0.109. The Morgan fingerprint density at radius 3 is 2.45 bits per heavy atom. The van der Waals surface area contributed by atoms with E-state index in [0.29, 0.717) is 12.0 Å². The number of piperidine rings is 1. The molecule has 1 saturated heterocycles. The lowest BCUT2D eigenvalue weighted by Gasteiger charge is -2.39. The third-order valence-electron chi connectivity index (χ3n) is 4.60. The summed E-state index contributed by atoms with van der Waals surface area (Å²) in [6.07, 6.45) is 3.52. The van der Waals surface area contributed by atoms with Crippen molar-refractivity contribution in [1.82, 2.24) is 4.90 Å². The number of halogens is 1. The number of rotatable bonds is 4. The molecule has 0 bridgehead atoms. The van der Waals surface area contributed by atoms with Gasteiger partial charge in [-0.15, -0.1) is 0 Å². The summed E-state index contributed by atoms with van der Waals surface area (Å²) in [5.41, 5.74) is 1.45. The Balaban J connectivity index is 2.01. The van der Waals surface area contributed by atoms with Crippen LogP contribution >= 0.6 is 0 Å². The summed E-state index contributed by atoms with van der Waals surface area (Å²) in [7, 11) is -1.62. The Morgan fingerprint density at radius 1 is 1.25 bits per heavy atom. The lowest BCUT2D eigenvalue weighted by Crippen LogP contribution is -2.38. The normalized spacial score (nSPS) is 19.1. The van der Waals surface area contributed by atoms with Crippen LogP contribution in [-0.2, 0) is 6.54 Å². The Labute approximate surface area is 120 Å². The van der Waals surface area contributed by atoms with Crippen molar-refractivity contribution in [2.45, 2.75) is 39.7 Å². The van der Waals surface area contributed by atoms with Crippen LogP contribution in [0, 0.1) is 11.2 Å². The molecule has 1 aromatic rings. The lowest BCUT2D eigenvalue weighted by atomic mass is 9.78. The standard InChI is InChI=1S/C15H23BFNO2/c1-3-15(2)4-6-18(7-5-15)11-12-8-13(16(19)20)10-14(17)9-12/h8-10,19-20H,3-7,11H2,1-2H3. The summed E-state index contributed by atoms with van der Waals surface area (Å²) in [5.74, 6) is -0.416. The van der Waals surface area contributed by atoms with Crippen molar-refractivity contribution in [3.8, 4) is 0 Å². The fourth-order valence-corrected chi connectivity index (χ4v) is 2.78. The van der Waals surface area contributed by atoms with E-state index < -0.39 is 12.9 Å². The smallest absolute Gasteiger partial charge is 0.423 e. The molecule has 0 spiro atoms. The van der Waals surface area contributed by atoms with Crippen LogP contribution in [0.4, 0.5) is 4.39 Å². The molecule has 1 aliphatic heterocycles. The van der Waals surface area contributed by atoms with Crippen LogP contribution in [-0.4, -0.2) is 35.2 Å². The molecule has 2 rings (SSSR count). The van der Waals surface area contributed by atoms with Gasteiger partial charge in [0.15, 0.2) is 0 Å². The van der Waals surface area contributed by atoms with E-state index in [1.807, 2.05) is 0 Å². The van der Waals surface area contributed by atoms with Gasteiger partial charge in [0.25, 0.3) is 0 Å². The third kappa shape index (κ3) is 3.81. The van der Waals surface area contributed by atoms with E-state index in [2.05, 4.69) is 18.7 Å². The number of hydrogen-bond acceptors (Lipinski definition) is 3. The molecule has 0 aromatic heterocycles. The molecule has 3 nitrogen and oxygen atoms in total. The minimum Gasteiger partial charge on any atom is -0.423 e.